The van der Waals surface area contributed by atoms with Crippen LogP contribution in [0.1, 0.15) is 85.1 Å². The summed E-state index contributed by atoms with van der Waals surface area (Å²) in [5.74, 6) is 0.549. The van der Waals surface area contributed by atoms with Crippen molar-refractivity contribution in [2.45, 2.75) is 65.2 Å². The minimum atomic E-state index is -0.700. The van der Waals surface area contributed by atoms with Crippen LogP contribution >= 0.6 is 0 Å². The second-order valence-corrected chi connectivity index (χ2v) is 16.2. The molecule has 5 rings (SSSR count). The Morgan fingerprint density at radius 2 is 1.15 bits per heavy atom. The standard InChI is InChI=1S/C29H34N4O9.C23H36O7/c1-2-40-22-7-5-20-17-23(29(36)41-26(20)19-22)28(35)31-10-4-12-38-14-16-39-15-13-37-11-3-9-30-27(34)21-6-8-24-25(18-21)33-42-32-24;1-20(24)4-3-12-27-14-16-29-18-19-30-17-15-28-13-11-22(25)6-2-5-21-7-9-23(26)10-8-21/h5-8,17-19H,2-4,9-16H2,1H3,(H,30,34)(H,31,35);7-10,26H,2-6,11-19H2,1H3. The third kappa shape index (κ3) is 24.8. The SMILES string of the molecule is CC(=O)CCCOCCOCCOCCOCCC(=O)CCCc1ccc(O)cc1.CCOc1ccc2cc(C(=O)NCCCOCCOCCOCCCNC(=O)c3ccc4nonc4c3)c(=O)oc2c1. The molecule has 72 heavy (non-hydrogen) atoms. The maximum atomic E-state index is 12.4. The lowest BCUT2D eigenvalue weighted by molar-refractivity contribution is -0.120. The molecule has 20 heteroatoms. The molecule has 0 aliphatic rings. The molecule has 0 atom stereocenters. The van der Waals surface area contributed by atoms with E-state index in [9.17, 15) is 29.1 Å². The van der Waals surface area contributed by atoms with Crippen LogP contribution in [0, 0.1) is 0 Å². The number of aromatic hydroxyl groups is 1. The molecule has 3 N–H and O–H groups in total. The van der Waals surface area contributed by atoms with Gasteiger partial charge >= 0.3 is 5.63 Å². The predicted molar refractivity (Wildman–Crippen MR) is 266 cm³/mol. The number of carbonyl (C=O) groups is 4. The van der Waals surface area contributed by atoms with Gasteiger partial charge in [0.1, 0.15) is 45.2 Å². The number of rotatable bonds is 38. The second kappa shape index (κ2) is 35.9. The van der Waals surface area contributed by atoms with Crippen LogP contribution in [0.5, 0.6) is 11.5 Å². The zero-order valence-corrected chi connectivity index (χ0v) is 41.5. The first kappa shape index (κ1) is 58.4. The van der Waals surface area contributed by atoms with Gasteiger partial charge in [0, 0.05) is 69.2 Å². The van der Waals surface area contributed by atoms with E-state index in [4.69, 9.17) is 42.3 Å². The van der Waals surface area contributed by atoms with Crippen molar-refractivity contribution in [2.24, 2.45) is 0 Å². The van der Waals surface area contributed by atoms with Gasteiger partial charge in [0.05, 0.1) is 79.3 Å². The van der Waals surface area contributed by atoms with Crippen LogP contribution in [0.3, 0.4) is 0 Å². The third-order valence-electron chi connectivity index (χ3n) is 10.3. The normalized spacial score (nSPS) is 11.1. The van der Waals surface area contributed by atoms with E-state index in [0.29, 0.717) is 178 Å². The molecule has 2 amide bonds. The number of fused-ring (bicyclic) bond motifs is 2. The summed E-state index contributed by atoms with van der Waals surface area (Å²) in [6.45, 7) is 11.3. The lowest BCUT2D eigenvalue weighted by Gasteiger charge is -2.08. The molecule has 0 saturated heterocycles. The second-order valence-electron chi connectivity index (χ2n) is 16.2. The molecule has 5 aromatic rings. The average Bonchev–Trinajstić information content (AvgIpc) is 3.85. The smallest absolute Gasteiger partial charge is 0.349 e. The molecule has 0 aliphatic heterocycles. The van der Waals surface area contributed by atoms with Crippen molar-refractivity contribution in [3.05, 3.63) is 93.8 Å². The number of benzene rings is 3. The maximum absolute atomic E-state index is 12.4. The molecule has 0 bridgehead atoms. The number of aryl methyl sites for hydroxylation is 1. The Balaban J connectivity index is 0.000000332. The zero-order valence-electron chi connectivity index (χ0n) is 41.5. The maximum Gasteiger partial charge on any atom is 0.349 e. The Hall–Kier alpha value is -6.13. The van der Waals surface area contributed by atoms with Gasteiger partial charge in [-0.3, -0.25) is 14.4 Å². The summed E-state index contributed by atoms with van der Waals surface area (Å²) in [4.78, 5) is 59.5. The predicted octanol–water partition coefficient (Wildman–Crippen LogP) is 5.83. The molecule has 0 radical (unpaired) electrons. The van der Waals surface area contributed by atoms with Gasteiger partial charge < -0.3 is 62.8 Å². The minimum Gasteiger partial charge on any atom is -0.508 e. The summed E-state index contributed by atoms with van der Waals surface area (Å²) >= 11 is 0. The number of nitrogens with one attached hydrogen (secondary N) is 2. The van der Waals surface area contributed by atoms with Gasteiger partial charge in [0.25, 0.3) is 11.8 Å². The van der Waals surface area contributed by atoms with Crippen LogP contribution in [0.4, 0.5) is 0 Å². The van der Waals surface area contributed by atoms with Gasteiger partial charge in [0.2, 0.25) is 0 Å². The number of ether oxygens (including phenoxy) is 8. The molecular formula is C52H70N4O16. The van der Waals surface area contributed by atoms with Crippen LogP contribution in [0.2, 0.25) is 0 Å². The van der Waals surface area contributed by atoms with E-state index < -0.39 is 11.5 Å². The van der Waals surface area contributed by atoms with Crippen molar-refractivity contribution >= 4 is 45.4 Å². The first-order valence-electron chi connectivity index (χ1n) is 24.5. The Kier molecular flexibility index (Phi) is 29.1. The van der Waals surface area contributed by atoms with Crippen molar-refractivity contribution in [3.8, 4) is 11.5 Å². The number of phenols is 1. The molecule has 0 unspecified atom stereocenters. The van der Waals surface area contributed by atoms with Crippen molar-refractivity contribution in [2.75, 3.05) is 112 Å². The summed E-state index contributed by atoms with van der Waals surface area (Å²) in [6, 6.07) is 18.7. The number of amides is 2. The number of nitrogens with zero attached hydrogens (tertiary/aromatic N) is 2. The largest absolute Gasteiger partial charge is 0.508 e. The highest BCUT2D eigenvalue weighted by Crippen LogP contribution is 2.21. The molecule has 20 nitrogen and oxygen atoms in total. The van der Waals surface area contributed by atoms with Gasteiger partial charge in [-0.25, -0.2) is 9.42 Å². The Morgan fingerprint density at radius 3 is 1.76 bits per heavy atom. The van der Waals surface area contributed by atoms with Gasteiger partial charge in [0.15, 0.2) is 0 Å². The van der Waals surface area contributed by atoms with Gasteiger partial charge in [-0.15, -0.1) is 0 Å². The fourth-order valence-corrected chi connectivity index (χ4v) is 6.57. The molecule has 0 aliphatic carbocycles. The van der Waals surface area contributed by atoms with Crippen molar-refractivity contribution < 1.29 is 71.2 Å². The zero-order chi connectivity index (χ0) is 51.4. The first-order valence-corrected chi connectivity index (χ1v) is 24.5. The average molecular weight is 1010 g/mol. The summed E-state index contributed by atoms with van der Waals surface area (Å²) in [6.07, 6.45) is 5.15. The lowest BCUT2D eigenvalue weighted by atomic mass is 10.1. The first-order chi connectivity index (χ1) is 35.1. The molecule has 2 heterocycles. The number of hydrogen-bond acceptors (Lipinski definition) is 18. The lowest BCUT2D eigenvalue weighted by Crippen LogP contribution is -2.29. The van der Waals surface area contributed by atoms with Crippen molar-refractivity contribution in [3.63, 3.8) is 0 Å². The number of phenolic OH excluding ortho intramolecular Hbond substituents is 1. The number of aromatic nitrogens is 2. The summed E-state index contributed by atoms with van der Waals surface area (Å²) < 4.78 is 53.4. The Morgan fingerprint density at radius 1 is 0.583 bits per heavy atom. The van der Waals surface area contributed by atoms with E-state index in [1.54, 1.807) is 55.5 Å². The third-order valence-corrected chi connectivity index (χ3v) is 10.3. The quantitative estimate of drug-likeness (QED) is 0.0311. The van der Waals surface area contributed by atoms with E-state index in [1.165, 1.54) is 6.07 Å². The van der Waals surface area contributed by atoms with Crippen LogP contribution in [-0.4, -0.2) is 151 Å². The number of Topliss-reactive ketones (excluding diaryl/α,β-unsaturated/α-hetero) is 2. The molecule has 0 fully saturated rings. The number of carbonyl (C=O) groups excluding carboxylic acids is 4. The Labute approximate surface area is 419 Å². The highest BCUT2D eigenvalue weighted by atomic mass is 16.6. The molecule has 2 aromatic heterocycles. The van der Waals surface area contributed by atoms with E-state index in [1.807, 2.05) is 19.1 Å². The highest BCUT2D eigenvalue weighted by molar-refractivity contribution is 5.97. The van der Waals surface area contributed by atoms with Gasteiger partial charge in [-0.05, 0) is 110 Å². The fraction of sp³-hybridized carbons (Fsp3) is 0.519. The fourth-order valence-electron chi connectivity index (χ4n) is 6.57. The monoisotopic (exact) mass is 1010 g/mol. The topological polar surface area (TPSA) is 256 Å². The molecule has 0 spiro atoms. The van der Waals surface area contributed by atoms with E-state index in [0.717, 1.165) is 24.8 Å². The summed E-state index contributed by atoms with van der Waals surface area (Å²) in [5, 5.41) is 22.9. The Bertz CT molecular complexity index is 2390. The highest BCUT2D eigenvalue weighted by Gasteiger charge is 2.14. The van der Waals surface area contributed by atoms with Crippen molar-refractivity contribution in [1.82, 2.24) is 20.9 Å². The van der Waals surface area contributed by atoms with Crippen LogP contribution < -0.4 is 21.0 Å². The van der Waals surface area contributed by atoms with Crippen LogP contribution in [0.15, 0.2) is 80.6 Å². The molecule has 0 saturated carbocycles. The van der Waals surface area contributed by atoms with Crippen LogP contribution in [0.25, 0.3) is 22.0 Å². The molecular weight excluding hydrogens is 937 g/mol. The molecule has 3 aromatic carbocycles. The summed E-state index contributed by atoms with van der Waals surface area (Å²) in [7, 11) is 0. The van der Waals surface area contributed by atoms with E-state index in [2.05, 4.69) is 25.6 Å². The number of hydrogen-bond donors (Lipinski definition) is 3. The summed E-state index contributed by atoms with van der Waals surface area (Å²) in [5.41, 5.74) is 2.36. The van der Waals surface area contributed by atoms with Crippen LogP contribution in [-0.2, 0) is 49.2 Å². The molecule has 394 valence electrons. The van der Waals surface area contributed by atoms with E-state index in [-0.39, 0.29) is 28.8 Å². The number of ketones is 2. The minimum absolute atomic E-state index is 0.0488. The van der Waals surface area contributed by atoms with Crippen molar-refractivity contribution in [1.29, 1.82) is 0 Å². The van der Waals surface area contributed by atoms with Gasteiger partial charge in [-0.2, -0.15) is 0 Å². The van der Waals surface area contributed by atoms with E-state index >= 15 is 0 Å². The van der Waals surface area contributed by atoms with Gasteiger partial charge in [-0.1, -0.05) is 12.1 Å².